The van der Waals surface area contributed by atoms with Crippen LogP contribution in [0.2, 0.25) is 0 Å². The largest absolute Gasteiger partial charge is 0.377 e. The molecule has 1 fully saturated rings. The molecule has 2 rings (SSSR count). The van der Waals surface area contributed by atoms with Gasteiger partial charge in [0.1, 0.15) is 5.82 Å². The molecule has 3 N–H and O–H groups in total. The fourth-order valence-electron chi connectivity index (χ4n) is 1.33. The van der Waals surface area contributed by atoms with Gasteiger partial charge in [-0.15, -0.1) is 0 Å². The number of anilines is 1. The first-order chi connectivity index (χ1) is 7.16. The zero-order chi connectivity index (χ0) is 10.8. The van der Waals surface area contributed by atoms with Gasteiger partial charge < -0.3 is 15.8 Å². The molecule has 4 nitrogen and oxygen atoms in total. The molecule has 0 aromatic heterocycles. The smallest absolute Gasteiger partial charge is 0.248 e. The van der Waals surface area contributed by atoms with Crippen molar-refractivity contribution in [3.8, 4) is 0 Å². The van der Waals surface area contributed by atoms with E-state index in [2.05, 4.69) is 5.32 Å². The monoisotopic (exact) mass is 210 g/mol. The Labute approximate surface area is 86.2 Å². The average Bonchev–Trinajstić information content (AvgIpc) is 2.13. The SMILES string of the molecule is NC(=O)c1ccc(F)c(NC2COC2)c1. The van der Waals surface area contributed by atoms with E-state index in [1.165, 1.54) is 18.2 Å². The van der Waals surface area contributed by atoms with Crippen LogP contribution in [0.15, 0.2) is 18.2 Å². The van der Waals surface area contributed by atoms with Gasteiger partial charge in [-0.25, -0.2) is 4.39 Å². The lowest BCUT2D eigenvalue weighted by Gasteiger charge is -2.28. The Bertz CT molecular complexity index is 391. The second kappa shape index (κ2) is 3.86. The van der Waals surface area contributed by atoms with Crippen LogP contribution in [0, 0.1) is 5.82 Å². The second-order valence-electron chi connectivity index (χ2n) is 3.44. The number of carbonyl (C=O) groups excluding carboxylic acids is 1. The van der Waals surface area contributed by atoms with Crippen LogP contribution < -0.4 is 11.1 Å². The molecule has 1 aromatic carbocycles. The van der Waals surface area contributed by atoms with Crippen molar-refractivity contribution in [2.75, 3.05) is 18.5 Å². The van der Waals surface area contributed by atoms with Crippen molar-refractivity contribution in [2.24, 2.45) is 5.73 Å². The van der Waals surface area contributed by atoms with Crippen LogP contribution in [0.5, 0.6) is 0 Å². The Kier molecular flexibility index (Phi) is 2.55. The highest BCUT2D eigenvalue weighted by molar-refractivity contribution is 5.93. The van der Waals surface area contributed by atoms with Crippen molar-refractivity contribution < 1.29 is 13.9 Å². The summed E-state index contributed by atoms with van der Waals surface area (Å²) < 4.78 is 18.2. The summed E-state index contributed by atoms with van der Waals surface area (Å²) in [5, 5.41) is 2.93. The van der Waals surface area contributed by atoms with Crippen molar-refractivity contribution in [3.05, 3.63) is 29.6 Å². The first kappa shape index (κ1) is 9.92. The summed E-state index contributed by atoms with van der Waals surface area (Å²) in [6.45, 7) is 1.11. The fraction of sp³-hybridized carbons (Fsp3) is 0.300. The third kappa shape index (κ3) is 2.07. The minimum absolute atomic E-state index is 0.114. The van der Waals surface area contributed by atoms with Gasteiger partial charge in [-0.2, -0.15) is 0 Å². The highest BCUT2D eigenvalue weighted by Crippen LogP contribution is 2.18. The standard InChI is InChI=1S/C10H11FN2O2/c11-8-2-1-6(10(12)14)3-9(8)13-7-4-15-5-7/h1-3,7,13H,4-5H2,(H2,12,14). The first-order valence-electron chi connectivity index (χ1n) is 4.60. The number of halogens is 1. The highest BCUT2D eigenvalue weighted by atomic mass is 19.1. The van der Waals surface area contributed by atoms with Gasteiger partial charge in [-0.1, -0.05) is 0 Å². The lowest BCUT2D eigenvalue weighted by Crippen LogP contribution is -2.40. The molecule has 0 spiro atoms. The molecule has 1 heterocycles. The number of hydrogen-bond donors (Lipinski definition) is 2. The van der Waals surface area contributed by atoms with E-state index in [4.69, 9.17) is 10.5 Å². The van der Waals surface area contributed by atoms with Crippen LogP contribution in [-0.2, 0) is 4.74 Å². The lowest BCUT2D eigenvalue weighted by molar-refractivity contribution is 0.0210. The van der Waals surface area contributed by atoms with Crippen LogP contribution in [0.4, 0.5) is 10.1 Å². The van der Waals surface area contributed by atoms with Gasteiger partial charge in [0.2, 0.25) is 5.91 Å². The maximum Gasteiger partial charge on any atom is 0.248 e. The Hall–Kier alpha value is -1.62. The van der Waals surface area contributed by atoms with E-state index >= 15 is 0 Å². The van der Waals surface area contributed by atoms with Crippen LogP contribution in [0.3, 0.4) is 0 Å². The van der Waals surface area contributed by atoms with Crippen LogP contribution in [0.1, 0.15) is 10.4 Å². The molecule has 0 saturated carbocycles. The van der Waals surface area contributed by atoms with Crippen LogP contribution in [0.25, 0.3) is 0 Å². The van der Waals surface area contributed by atoms with E-state index in [-0.39, 0.29) is 6.04 Å². The third-order valence-corrected chi connectivity index (χ3v) is 2.25. The summed E-state index contributed by atoms with van der Waals surface area (Å²) in [7, 11) is 0. The molecule has 15 heavy (non-hydrogen) atoms. The summed E-state index contributed by atoms with van der Waals surface area (Å²) in [6, 6.07) is 4.11. The zero-order valence-corrected chi connectivity index (χ0v) is 8.00. The Morgan fingerprint density at radius 3 is 2.80 bits per heavy atom. The minimum Gasteiger partial charge on any atom is -0.377 e. The summed E-state index contributed by atoms with van der Waals surface area (Å²) in [5.74, 6) is -0.963. The molecule has 1 aromatic rings. The van der Waals surface area contributed by atoms with E-state index in [1.807, 2.05) is 0 Å². The zero-order valence-electron chi connectivity index (χ0n) is 8.00. The summed E-state index contributed by atoms with van der Waals surface area (Å²) >= 11 is 0. The normalized spacial score (nSPS) is 15.8. The minimum atomic E-state index is -0.567. The summed E-state index contributed by atoms with van der Waals surface area (Å²) in [4.78, 5) is 10.9. The number of amides is 1. The van der Waals surface area contributed by atoms with Crippen molar-refractivity contribution in [1.29, 1.82) is 0 Å². The first-order valence-corrected chi connectivity index (χ1v) is 4.60. The Balaban J connectivity index is 2.19. The molecule has 5 heteroatoms. The molecule has 0 radical (unpaired) electrons. The molecular formula is C10H11FN2O2. The van der Waals surface area contributed by atoms with E-state index in [1.54, 1.807) is 0 Å². The molecule has 1 aliphatic heterocycles. The van der Waals surface area contributed by atoms with Gasteiger partial charge >= 0.3 is 0 Å². The number of carbonyl (C=O) groups is 1. The fourth-order valence-corrected chi connectivity index (χ4v) is 1.33. The quantitative estimate of drug-likeness (QED) is 0.773. The molecular weight excluding hydrogens is 199 g/mol. The molecule has 1 amide bonds. The van der Waals surface area contributed by atoms with Gasteiger partial charge in [-0.3, -0.25) is 4.79 Å². The molecule has 0 unspecified atom stereocenters. The number of rotatable bonds is 3. The number of primary amides is 1. The second-order valence-corrected chi connectivity index (χ2v) is 3.44. The summed E-state index contributed by atoms with van der Waals surface area (Å²) in [5.41, 5.74) is 5.68. The van der Waals surface area contributed by atoms with Gasteiger partial charge in [0, 0.05) is 5.56 Å². The van der Waals surface area contributed by atoms with Crippen LogP contribution in [-0.4, -0.2) is 25.2 Å². The number of nitrogens with one attached hydrogen (secondary N) is 1. The van der Waals surface area contributed by atoms with Gasteiger partial charge in [0.25, 0.3) is 0 Å². The van der Waals surface area contributed by atoms with Crippen LogP contribution >= 0.6 is 0 Å². The average molecular weight is 210 g/mol. The lowest BCUT2D eigenvalue weighted by atomic mass is 10.1. The topological polar surface area (TPSA) is 64.4 Å². The Morgan fingerprint density at radius 1 is 1.53 bits per heavy atom. The highest BCUT2D eigenvalue weighted by Gasteiger charge is 2.19. The van der Waals surface area contributed by atoms with Gasteiger partial charge in [0.05, 0.1) is 24.9 Å². The number of nitrogens with two attached hydrogens (primary N) is 1. The maximum atomic E-state index is 13.3. The van der Waals surface area contributed by atoms with E-state index in [0.717, 1.165) is 0 Å². The van der Waals surface area contributed by atoms with Crippen molar-refractivity contribution in [1.82, 2.24) is 0 Å². The van der Waals surface area contributed by atoms with Gasteiger partial charge in [-0.05, 0) is 18.2 Å². The maximum absolute atomic E-state index is 13.3. The van der Waals surface area contributed by atoms with Gasteiger partial charge in [0.15, 0.2) is 0 Å². The van der Waals surface area contributed by atoms with E-state index in [0.29, 0.717) is 24.5 Å². The van der Waals surface area contributed by atoms with E-state index < -0.39 is 11.7 Å². The van der Waals surface area contributed by atoms with Crippen molar-refractivity contribution >= 4 is 11.6 Å². The Morgan fingerprint density at radius 2 is 2.27 bits per heavy atom. The molecule has 1 aliphatic rings. The molecule has 0 atom stereocenters. The molecule has 80 valence electrons. The predicted octanol–water partition coefficient (Wildman–Crippen LogP) is 0.735. The number of ether oxygens (including phenoxy) is 1. The van der Waals surface area contributed by atoms with Crippen molar-refractivity contribution in [3.63, 3.8) is 0 Å². The van der Waals surface area contributed by atoms with Crippen molar-refractivity contribution in [2.45, 2.75) is 6.04 Å². The number of hydrogen-bond acceptors (Lipinski definition) is 3. The summed E-state index contributed by atoms with van der Waals surface area (Å²) in [6.07, 6.45) is 0. The molecule has 0 bridgehead atoms. The number of benzene rings is 1. The molecule has 1 saturated heterocycles. The van der Waals surface area contributed by atoms with E-state index in [9.17, 15) is 9.18 Å². The predicted molar refractivity (Wildman–Crippen MR) is 53.1 cm³/mol. The third-order valence-electron chi connectivity index (χ3n) is 2.25. The molecule has 0 aliphatic carbocycles.